The molecule has 11 heteroatoms. The molecule has 0 bridgehead atoms. The van der Waals surface area contributed by atoms with Crippen LogP contribution in [0.2, 0.25) is 10.0 Å². The van der Waals surface area contributed by atoms with Gasteiger partial charge in [-0.05, 0) is 86.3 Å². The second-order valence-electron chi connectivity index (χ2n) is 11.9. The van der Waals surface area contributed by atoms with Crippen molar-refractivity contribution in [2.24, 2.45) is 0 Å². The number of rotatable bonds is 11. The molecule has 1 atom stereocenters. The molecule has 9 nitrogen and oxygen atoms in total. The second kappa shape index (κ2) is 14.4. The number of piperidine rings is 1. The SMILES string of the molecule is COc1cccc(C2(C(=O)NCCC3(c4ccc(Cl)c(Cl)c4)CCN(C(=O)c4cc(OC)c(OC)c(OC)c4)C3)CCNCC2)c1. The minimum absolute atomic E-state index is 0.00473. The van der Waals surface area contributed by atoms with Gasteiger partial charge in [0.2, 0.25) is 11.7 Å². The molecule has 2 aliphatic heterocycles. The average Bonchev–Trinajstić information content (AvgIpc) is 3.53. The quantitative estimate of drug-likeness (QED) is 0.273. The zero-order chi connectivity index (χ0) is 32.9. The number of carbonyl (C=O) groups excluding carboxylic acids is 2. The number of carbonyl (C=O) groups is 2. The third-order valence-corrected chi connectivity index (χ3v) is 10.2. The molecule has 2 fully saturated rings. The minimum Gasteiger partial charge on any atom is -0.497 e. The predicted octanol–water partition coefficient (Wildman–Crippen LogP) is 5.64. The number of nitrogens with zero attached hydrogens (tertiary/aromatic N) is 1. The third-order valence-electron chi connectivity index (χ3n) is 9.49. The molecule has 0 aliphatic carbocycles. The molecule has 0 saturated carbocycles. The Bertz CT molecular complexity index is 1550. The van der Waals surface area contributed by atoms with Gasteiger partial charge in [-0.1, -0.05) is 41.4 Å². The topological polar surface area (TPSA) is 98.4 Å². The van der Waals surface area contributed by atoms with Crippen molar-refractivity contribution in [1.82, 2.24) is 15.5 Å². The normalized spacial score (nSPS) is 19.0. The lowest BCUT2D eigenvalue weighted by atomic mass is 9.72. The van der Waals surface area contributed by atoms with Crippen LogP contribution in [-0.4, -0.2) is 77.9 Å². The first-order valence-electron chi connectivity index (χ1n) is 15.4. The fraction of sp³-hybridized carbons (Fsp3) is 0.429. The van der Waals surface area contributed by atoms with Gasteiger partial charge < -0.3 is 34.5 Å². The molecule has 3 aromatic rings. The molecule has 2 saturated heterocycles. The summed E-state index contributed by atoms with van der Waals surface area (Å²) in [6.45, 7) is 2.86. The minimum atomic E-state index is -0.666. The predicted molar refractivity (Wildman–Crippen MR) is 179 cm³/mol. The fourth-order valence-electron chi connectivity index (χ4n) is 6.85. The zero-order valence-corrected chi connectivity index (χ0v) is 28.2. The van der Waals surface area contributed by atoms with Gasteiger partial charge in [0, 0.05) is 30.6 Å². The maximum absolute atomic E-state index is 14.0. The number of likely N-dealkylation sites (tertiary alicyclic amines) is 1. The van der Waals surface area contributed by atoms with E-state index in [0.717, 1.165) is 30.0 Å². The first kappa shape index (κ1) is 33.7. The van der Waals surface area contributed by atoms with E-state index >= 15 is 0 Å². The number of nitrogens with one attached hydrogen (secondary N) is 2. The van der Waals surface area contributed by atoms with Gasteiger partial charge >= 0.3 is 0 Å². The van der Waals surface area contributed by atoms with Crippen LogP contribution in [0.3, 0.4) is 0 Å². The molecule has 1 unspecified atom stereocenters. The van der Waals surface area contributed by atoms with Crippen LogP contribution in [0.15, 0.2) is 54.6 Å². The number of methoxy groups -OCH3 is 4. The van der Waals surface area contributed by atoms with Crippen LogP contribution in [0.25, 0.3) is 0 Å². The standard InChI is InChI=1S/C35H41Cl2N3O6/c1-43-26-7-5-6-25(20-26)35(11-14-38-15-12-35)33(42)39-16-10-34(24-8-9-27(36)28(37)21-24)13-17-40(22-34)32(41)23-18-29(44-2)31(46-4)30(19-23)45-3/h5-9,18-21,38H,10-17,22H2,1-4H3,(H,39,42). The maximum atomic E-state index is 14.0. The lowest BCUT2D eigenvalue weighted by Gasteiger charge is -2.37. The van der Waals surface area contributed by atoms with Gasteiger partial charge in [0.05, 0.1) is 43.9 Å². The van der Waals surface area contributed by atoms with E-state index in [1.807, 2.05) is 41.3 Å². The second-order valence-corrected chi connectivity index (χ2v) is 12.7. The van der Waals surface area contributed by atoms with Gasteiger partial charge in [-0.25, -0.2) is 0 Å². The average molecular weight is 671 g/mol. The van der Waals surface area contributed by atoms with Crippen LogP contribution in [0, 0.1) is 0 Å². The Morgan fingerprint density at radius 1 is 0.848 bits per heavy atom. The molecule has 46 heavy (non-hydrogen) atoms. The molecule has 2 amide bonds. The Labute approximate surface area is 280 Å². The van der Waals surface area contributed by atoms with Crippen molar-refractivity contribution in [1.29, 1.82) is 0 Å². The van der Waals surface area contributed by atoms with Gasteiger partial charge in [0.1, 0.15) is 5.75 Å². The van der Waals surface area contributed by atoms with Crippen molar-refractivity contribution < 1.29 is 28.5 Å². The largest absolute Gasteiger partial charge is 0.497 e. The maximum Gasteiger partial charge on any atom is 0.254 e. The summed E-state index contributed by atoms with van der Waals surface area (Å²) in [5.74, 6) is 1.80. The Hall–Kier alpha value is -3.66. The van der Waals surface area contributed by atoms with E-state index in [9.17, 15) is 9.59 Å². The lowest BCUT2D eigenvalue weighted by Crippen LogP contribution is -2.51. The van der Waals surface area contributed by atoms with Gasteiger partial charge in [-0.3, -0.25) is 9.59 Å². The van der Waals surface area contributed by atoms with E-state index in [4.69, 9.17) is 42.1 Å². The molecule has 0 radical (unpaired) electrons. The molecule has 0 spiro atoms. The molecule has 2 heterocycles. The van der Waals surface area contributed by atoms with Crippen LogP contribution < -0.4 is 29.6 Å². The number of ether oxygens (including phenoxy) is 4. The van der Waals surface area contributed by atoms with E-state index in [-0.39, 0.29) is 11.8 Å². The Kier molecular flexibility index (Phi) is 10.6. The summed E-state index contributed by atoms with van der Waals surface area (Å²) in [5.41, 5.74) is 1.23. The lowest BCUT2D eigenvalue weighted by molar-refractivity contribution is -0.127. The molecule has 3 aromatic carbocycles. The molecule has 5 rings (SSSR count). The van der Waals surface area contributed by atoms with Crippen molar-refractivity contribution >= 4 is 35.0 Å². The summed E-state index contributed by atoms with van der Waals surface area (Å²) in [5, 5.41) is 7.57. The van der Waals surface area contributed by atoms with Crippen LogP contribution in [0.4, 0.5) is 0 Å². The van der Waals surface area contributed by atoms with E-state index < -0.39 is 10.8 Å². The molecular formula is C35H41Cl2N3O6. The monoisotopic (exact) mass is 669 g/mol. The van der Waals surface area contributed by atoms with Crippen molar-refractivity contribution in [3.05, 3.63) is 81.3 Å². The molecule has 2 aliphatic rings. The summed E-state index contributed by atoms with van der Waals surface area (Å²) < 4.78 is 21.9. The van der Waals surface area contributed by atoms with Gasteiger partial charge in [-0.2, -0.15) is 0 Å². The van der Waals surface area contributed by atoms with Gasteiger partial charge in [-0.15, -0.1) is 0 Å². The van der Waals surface area contributed by atoms with Gasteiger partial charge in [0.25, 0.3) is 5.91 Å². The molecule has 0 aromatic heterocycles. The highest BCUT2D eigenvalue weighted by Gasteiger charge is 2.44. The summed E-state index contributed by atoms with van der Waals surface area (Å²) in [6, 6.07) is 16.8. The van der Waals surface area contributed by atoms with E-state index in [1.165, 1.54) is 21.3 Å². The number of amides is 2. The van der Waals surface area contributed by atoms with Crippen molar-refractivity contribution in [3.8, 4) is 23.0 Å². The van der Waals surface area contributed by atoms with Gasteiger partial charge in [0.15, 0.2) is 11.5 Å². The van der Waals surface area contributed by atoms with Crippen LogP contribution in [-0.2, 0) is 15.6 Å². The summed E-state index contributed by atoms with van der Waals surface area (Å²) in [7, 11) is 6.20. The Balaban J connectivity index is 1.39. The van der Waals surface area contributed by atoms with Crippen molar-refractivity contribution in [2.45, 2.75) is 36.5 Å². The first-order valence-corrected chi connectivity index (χ1v) is 16.1. The smallest absolute Gasteiger partial charge is 0.254 e. The Morgan fingerprint density at radius 3 is 2.20 bits per heavy atom. The van der Waals surface area contributed by atoms with E-state index in [2.05, 4.69) is 10.6 Å². The molecule has 246 valence electrons. The number of hydrogen-bond acceptors (Lipinski definition) is 7. The van der Waals surface area contributed by atoms with E-state index in [0.29, 0.717) is 78.2 Å². The summed E-state index contributed by atoms with van der Waals surface area (Å²) >= 11 is 12.8. The zero-order valence-electron chi connectivity index (χ0n) is 26.7. The highest BCUT2D eigenvalue weighted by molar-refractivity contribution is 6.42. The summed E-state index contributed by atoms with van der Waals surface area (Å²) in [6.07, 6.45) is 2.64. The number of hydrogen-bond donors (Lipinski definition) is 2. The highest BCUT2D eigenvalue weighted by Crippen LogP contribution is 2.43. The van der Waals surface area contributed by atoms with Crippen molar-refractivity contribution in [2.75, 3.05) is 61.2 Å². The fourth-order valence-corrected chi connectivity index (χ4v) is 7.15. The molecule has 2 N–H and O–H groups in total. The van der Waals surface area contributed by atoms with Crippen LogP contribution in [0.1, 0.15) is 47.2 Å². The Morgan fingerprint density at radius 2 is 1.57 bits per heavy atom. The van der Waals surface area contributed by atoms with E-state index in [1.54, 1.807) is 25.3 Å². The summed E-state index contributed by atoms with van der Waals surface area (Å²) in [4.78, 5) is 29.8. The van der Waals surface area contributed by atoms with Crippen LogP contribution in [0.5, 0.6) is 23.0 Å². The first-order chi connectivity index (χ1) is 22.2. The molecular weight excluding hydrogens is 629 g/mol. The highest BCUT2D eigenvalue weighted by atomic mass is 35.5. The van der Waals surface area contributed by atoms with Crippen molar-refractivity contribution in [3.63, 3.8) is 0 Å². The van der Waals surface area contributed by atoms with Crippen LogP contribution >= 0.6 is 23.2 Å². The number of benzene rings is 3. The third kappa shape index (κ3) is 6.59. The number of halogens is 2.